The van der Waals surface area contributed by atoms with E-state index in [2.05, 4.69) is 53.9 Å². The fourth-order valence-electron chi connectivity index (χ4n) is 2.57. The summed E-state index contributed by atoms with van der Waals surface area (Å²) in [7, 11) is 3.41. The Morgan fingerprint density at radius 2 is 1.74 bits per heavy atom. The third-order valence-electron chi connectivity index (χ3n) is 4.33. The van der Waals surface area contributed by atoms with Crippen molar-refractivity contribution in [1.82, 2.24) is 21.3 Å². The Labute approximate surface area is 213 Å². The third-order valence-corrected chi connectivity index (χ3v) is 7.18. The molecule has 190 valence electrons. The highest BCUT2D eigenvalue weighted by Gasteiger charge is 2.09. The zero-order chi connectivity index (χ0) is 25.2. The molecule has 0 aliphatic rings. The van der Waals surface area contributed by atoms with Crippen LogP contribution in [0.25, 0.3) is 0 Å². The number of amides is 2. The maximum atomic E-state index is 12.2. The molecule has 0 aliphatic carbocycles. The number of hydrogen-bond donors (Lipinski definition) is 4. The predicted octanol–water partition coefficient (Wildman–Crippen LogP) is 3.27. The SMILES string of the molecule is CCC(NCCOCC(=O)NCC#CC(C)C)SSc1ccc(C(=O)NCCNC(C)C)cc1. The number of ether oxygens (including phenoxy) is 1. The lowest BCUT2D eigenvalue weighted by Gasteiger charge is -2.16. The molecule has 0 bridgehead atoms. The lowest BCUT2D eigenvalue weighted by Crippen LogP contribution is -2.34. The van der Waals surface area contributed by atoms with E-state index in [0.29, 0.717) is 43.8 Å². The zero-order valence-electron chi connectivity index (χ0n) is 21.0. The van der Waals surface area contributed by atoms with Crippen LogP contribution < -0.4 is 21.3 Å². The summed E-state index contributed by atoms with van der Waals surface area (Å²) in [6.07, 6.45) is 0.956. The molecule has 0 aliphatic heterocycles. The van der Waals surface area contributed by atoms with Gasteiger partial charge in [-0.15, -0.1) is 0 Å². The first kappa shape index (κ1) is 30.3. The van der Waals surface area contributed by atoms with E-state index in [4.69, 9.17) is 4.74 Å². The van der Waals surface area contributed by atoms with Gasteiger partial charge in [-0.25, -0.2) is 0 Å². The van der Waals surface area contributed by atoms with E-state index in [1.165, 1.54) is 0 Å². The minimum atomic E-state index is -0.153. The molecule has 1 aromatic rings. The van der Waals surface area contributed by atoms with Crippen LogP contribution in [-0.2, 0) is 9.53 Å². The molecule has 7 nitrogen and oxygen atoms in total. The number of nitrogens with one attached hydrogen (secondary N) is 4. The van der Waals surface area contributed by atoms with Gasteiger partial charge in [0.1, 0.15) is 6.61 Å². The zero-order valence-corrected chi connectivity index (χ0v) is 22.7. The summed E-state index contributed by atoms with van der Waals surface area (Å²) in [5.74, 6) is 6.00. The first-order valence-corrected chi connectivity index (χ1v) is 14.0. The lowest BCUT2D eigenvalue weighted by molar-refractivity contribution is -0.125. The molecule has 0 saturated carbocycles. The Morgan fingerprint density at radius 3 is 2.38 bits per heavy atom. The smallest absolute Gasteiger partial charge is 0.251 e. The highest BCUT2D eigenvalue weighted by atomic mass is 33.1. The second-order valence-electron chi connectivity index (χ2n) is 8.22. The quantitative estimate of drug-likeness (QED) is 0.118. The van der Waals surface area contributed by atoms with Crippen molar-refractivity contribution in [2.24, 2.45) is 5.92 Å². The molecule has 0 aromatic heterocycles. The summed E-state index contributed by atoms with van der Waals surface area (Å²) in [5, 5.41) is 12.6. The molecule has 0 spiro atoms. The second-order valence-corrected chi connectivity index (χ2v) is 10.7. The van der Waals surface area contributed by atoms with E-state index < -0.39 is 0 Å². The number of benzene rings is 1. The van der Waals surface area contributed by atoms with Gasteiger partial charge in [0.25, 0.3) is 5.91 Å². The maximum Gasteiger partial charge on any atom is 0.251 e. The van der Waals surface area contributed by atoms with Crippen molar-refractivity contribution in [2.75, 3.05) is 39.4 Å². The Morgan fingerprint density at radius 1 is 1.00 bits per heavy atom. The Hall–Kier alpha value is -1.70. The van der Waals surface area contributed by atoms with Crippen LogP contribution in [0, 0.1) is 17.8 Å². The normalized spacial score (nSPS) is 11.7. The van der Waals surface area contributed by atoms with E-state index in [1.54, 1.807) is 21.6 Å². The summed E-state index contributed by atoms with van der Waals surface area (Å²) in [6.45, 7) is 13.2. The highest BCUT2D eigenvalue weighted by molar-refractivity contribution is 8.76. The Balaban J connectivity index is 2.22. The molecular formula is C25H40N4O3S2. The molecule has 0 radical (unpaired) electrons. The van der Waals surface area contributed by atoms with E-state index in [-0.39, 0.29) is 23.8 Å². The Bertz CT molecular complexity index is 777. The molecule has 4 N–H and O–H groups in total. The van der Waals surface area contributed by atoms with Crippen LogP contribution in [-0.4, -0.2) is 62.6 Å². The van der Waals surface area contributed by atoms with E-state index in [0.717, 1.165) is 17.9 Å². The summed E-state index contributed by atoms with van der Waals surface area (Å²) in [4.78, 5) is 25.0. The van der Waals surface area contributed by atoms with Gasteiger partial charge in [0.15, 0.2) is 0 Å². The Kier molecular flexibility index (Phi) is 16.6. The number of hydrogen-bond acceptors (Lipinski definition) is 7. The largest absolute Gasteiger partial charge is 0.370 e. The van der Waals surface area contributed by atoms with Crippen LogP contribution >= 0.6 is 21.6 Å². The van der Waals surface area contributed by atoms with Crippen LogP contribution in [0.15, 0.2) is 29.2 Å². The van der Waals surface area contributed by atoms with Crippen LogP contribution in [0.3, 0.4) is 0 Å². The van der Waals surface area contributed by atoms with Crippen LogP contribution in [0.5, 0.6) is 0 Å². The van der Waals surface area contributed by atoms with Gasteiger partial charge in [-0.3, -0.25) is 9.59 Å². The standard InChI is InChI=1S/C25H40N4O3S2/c1-6-24(28-16-17-32-18-23(30)27-13-7-8-19(2)3)34-33-22-11-9-21(10-12-22)25(31)29-15-14-26-20(4)5/h9-12,19-20,24,26,28H,6,13-18H2,1-5H3,(H,27,30)(H,29,31). The topological polar surface area (TPSA) is 91.5 Å². The monoisotopic (exact) mass is 508 g/mol. The van der Waals surface area contributed by atoms with Gasteiger partial charge in [-0.1, -0.05) is 68.0 Å². The highest BCUT2D eigenvalue weighted by Crippen LogP contribution is 2.34. The molecule has 0 heterocycles. The summed E-state index contributed by atoms with van der Waals surface area (Å²) in [5.41, 5.74) is 0.664. The van der Waals surface area contributed by atoms with Crippen molar-refractivity contribution in [3.63, 3.8) is 0 Å². The van der Waals surface area contributed by atoms with Gasteiger partial charge in [0.2, 0.25) is 5.91 Å². The van der Waals surface area contributed by atoms with Gasteiger partial charge < -0.3 is 26.0 Å². The molecule has 1 unspecified atom stereocenters. The van der Waals surface area contributed by atoms with E-state index in [1.807, 2.05) is 38.1 Å². The number of rotatable bonds is 16. The van der Waals surface area contributed by atoms with Crippen molar-refractivity contribution in [3.8, 4) is 11.8 Å². The first-order chi connectivity index (χ1) is 16.3. The van der Waals surface area contributed by atoms with Crippen LogP contribution in [0.2, 0.25) is 0 Å². The molecule has 0 fully saturated rings. The second kappa shape index (κ2) is 18.6. The fraction of sp³-hybridized carbons (Fsp3) is 0.600. The summed E-state index contributed by atoms with van der Waals surface area (Å²) < 4.78 is 5.43. The van der Waals surface area contributed by atoms with Crippen molar-refractivity contribution in [1.29, 1.82) is 0 Å². The minimum Gasteiger partial charge on any atom is -0.370 e. The third kappa shape index (κ3) is 15.3. The molecule has 1 aromatic carbocycles. The summed E-state index contributed by atoms with van der Waals surface area (Å²) in [6, 6.07) is 8.06. The van der Waals surface area contributed by atoms with Crippen molar-refractivity contribution in [3.05, 3.63) is 29.8 Å². The molecule has 1 atom stereocenters. The van der Waals surface area contributed by atoms with Crippen LogP contribution in [0.1, 0.15) is 51.4 Å². The van der Waals surface area contributed by atoms with Gasteiger partial charge >= 0.3 is 0 Å². The number of carbonyl (C=O) groups excluding carboxylic acids is 2. The molecule has 2 amide bonds. The van der Waals surface area contributed by atoms with E-state index >= 15 is 0 Å². The maximum absolute atomic E-state index is 12.2. The molecule has 9 heteroatoms. The lowest BCUT2D eigenvalue weighted by atomic mass is 10.2. The van der Waals surface area contributed by atoms with Gasteiger partial charge in [-0.05, 0) is 30.7 Å². The van der Waals surface area contributed by atoms with Gasteiger partial charge in [-0.2, -0.15) is 0 Å². The molecule has 34 heavy (non-hydrogen) atoms. The average molecular weight is 509 g/mol. The first-order valence-electron chi connectivity index (χ1n) is 11.8. The van der Waals surface area contributed by atoms with Crippen molar-refractivity contribution < 1.29 is 14.3 Å². The van der Waals surface area contributed by atoms with Crippen molar-refractivity contribution >= 4 is 33.4 Å². The van der Waals surface area contributed by atoms with Gasteiger partial charge in [0.05, 0.1) is 18.5 Å². The summed E-state index contributed by atoms with van der Waals surface area (Å²) >= 11 is 0. The molecular weight excluding hydrogens is 468 g/mol. The predicted molar refractivity (Wildman–Crippen MR) is 144 cm³/mol. The molecule has 0 saturated heterocycles. The van der Waals surface area contributed by atoms with E-state index in [9.17, 15) is 9.59 Å². The van der Waals surface area contributed by atoms with Crippen LogP contribution in [0.4, 0.5) is 0 Å². The molecule has 1 rings (SSSR count). The average Bonchev–Trinajstić information content (AvgIpc) is 2.81. The minimum absolute atomic E-state index is 0.0396. The van der Waals surface area contributed by atoms with Gasteiger partial charge in [0, 0.05) is 42.1 Å². The van der Waals surface area contributed by atoms with Crippen molar-refractivity contribution in [2.45, 2.75) is 57.4 Å². The fourth-order valence-corrected chi connectivity index (χ4v) is 4.99. The number of carbonyl (C=O) groups is 2.